The minimum Gasteiger partial charge on any atom is -0.267 e. The van der Waals surface area contributed by atoms with Gasteiger partial charge in [0.25, 0.3) is 5.91 Å². The van der Waals surface area contributed by atoms with Crippen molar-refractivity contribution < 1.29 is 13.6 Å². The van der Waals surface area contributed by atoms with Crippen LogP contribution >= 0.6 is 0 Å². The second-order valence-corrected chi connectivity index (χ2v) is 10.0. The summed E-state index contributed by atoms with van der Waals surface area (Å²) in [7, 11) is 0. The Balaban J connectivity index is 1.30. The van der Waals surface area contributed by atoms with E-state index in [-0.39, 0.29) is 22.7 Å². The minimum atomic E-state index is -0.575. The summed E-state index contributed by atoms with van der Waals surface area (Å²) in [5.74, 6) is -1.89. The molecule has 0 saturated carbocycles. The van der Waals surface area contributed by atoms with Gasteiger partial charge in [-0.3, -0.25) is 4.79 Å². The first kappa shape index (κ1) is 22.8. The summed E-state index contributed by atoms with van der Waals surface area (Å²) in [5, 5.41) is 10.2. The van der Waals surface area contributed by atoms with Crippen LogP contribution in [0.5, 0.6) is 0 Å². The first-order valence-corrected chi connectivity index (χ1v) is 12.9. The van der Waals surface area contributed by atoms with Gasteiger partial charge in [-0.2, -0.15) is 15.2 Å². The van der Waals surface area contributed by atoms with Crippen molar-refractivity contribution in [1.29, 1.82) is 0 Å². The number of aryl methyl sites for hydroxylation is 1. The molecule has 0 bridgehead atoms. The quantitative estimate of drug-likeness (QED) is 0.339. The van der Waals surface area contributed by atoms with Crippen LogP contribution in [0.4, 0.5) is 14.5 Å². The molecule has 1 aromatic heterocycles. The first-order chi connectivity index (χ1) is 18.6. The summed E-state index contributed by atoms with van der Waals surface area (Å²) in [5.41, 5.74) is 5.78. The largest absolute Gasteiger partial charge is 0.280 e. The number of benzene rings is 3. The van der Waals surface area contributed by atoms with Crippen LogP contribution in [0.1, 0.15) is 46.6 Å². The zero-order chi connectivity index (χ0) is 25.8. The van der Waals surface area contributed by atoms with Crippen LogP contribution in [0.2, 0.25) is 0 Å². The number of nitrogens with zero attached hydrogens (tertiary/aromatic N) is 4. The highest BCUT2D eigenvalue weighted by Gasteiger charge is 2.41. The number of hydrogen-bond donors (Lipinski definition) is 0. The second-order valence-electron chi connectivity index (χ2n) is 10.0. The number of anilines is 1. The number of allylic oxidation sites excluding steroid dienone is 1. The molecule has 1 unspecified atom stereocenters. The number of carbonyl (C=O) groups excluding carboxylic acids is 1. The molecule has 1 amide bonds. The third-order valence-corrected chi connectivity index (χ3v) is 7.76. The third-order valence-electron chi connectivity index (χ3n) is 7.76. The number of fused-ring (bicyclic) bond motifs is 4. The van der Waals surface area contributed by atoms with E-state index < -0.39 is 17.6 Å². The molecule has 0 N–H and O–H groups in total. The SMILES string of the molecule is O=C1C2=CC(Cc3ccc(-n4cccn4)cc3)c3c(F)ccc(F)c3C2=NN1c1cccc2c1CCCC2. The van der Waals surface area contributed by atoms with Crippen molar-refractivity contribution in [3.05, 3.63) is 124 Å². The Bertz CT molecular complexity index is 1640. The van der Waals surface area contributed by atoms with Gasteiger partial charge in [-0.15, -0.1) is 0 Å². The monoisotopic (exact) mass is 506 g/mol. The summed E-state index contributed by atoms with van der Waals surface area (Å²) < 4.78 is 32.4. The van der Waals surface area contributed by atoms with Crippen molar-refractivity contribution in [2.75, 3.05) is 5.01 Å². The third kappa shape index (κ3) is 3.61. The molecular formula is C31H24F2N4O. The van der Waals surface area contributed by atoms with Crippen LogP contribution in [-0.2, 0) is 24.1 Å². The standard InChI is InChI=1S/C31H24F2N4O/c32-25-13-14-26(33)29-28(25)21(17-19-9-11-22(12-10-19)36-16-4-15-34-36)18-24-30(29)35-37(31(24)38)27-8-3-6-20-5-1-2-7-23(20)27/h3-4,6,8-16,18,21H,1-2,5,7,17H2. The van der Waals surface area contributed by atoms with E-state index in [1.807, 2.05) is 48.7 Å². The number of hydrogen-bond acceptors (Lipinski definition) is 3. The summed E-state index contributed by atoms with van der Waals surface area (Å²) in [6, 6.07) is 17.8. The molecule has 7 rings (SSSR count). The molecule has 5 nitrogen and oxygen atoms in total. The molecule has 3 aliphatic rings. The first-order valence-electron chi connectivity index (χ1n) is 12.9. The van der Waals surface area contributed by atoms with Gasteiger partial charge in [0, 0.05) is 29.4 Å². The van der Waals surface area contributed by atoms with Crippen molar-refractivity contribution in [3.63, 3.8) is 0 Å². The molecule has 1 aliphatic heterocycles. The molecule has 4 aromatic rings. The average Bonchev–Trinajstić information content (AvgIpc) is 3.59. The molecule has 38 heavy (non-hydrogen) atoms. The molecular weight excluding hydrogens is 482 g/mol. The minimum absolute atomic E-state index is 0.0845. The highest BCUT2D eigenvalue weighted by Crippen LogP contribution is 2.41. The van der Waals surface area contributed by atoms with Crippen LogP contribution in [0, 0.1) is 11.6 Å². The van der Waals surface area contributed by atoms with E-state index in [0.29, 0.717) is 12.0 Å². The smallest absolute Gasteiger partial charge is 0.267 e. The molecule has 0 spiro atoms. The average molecular weight is 507 g/mol. The normalized spacial score (nSPS) is 18.0. The molecule has 2 aliphatic carbocycles. The lowest BCUT2D eigenvalue weighted by molar-refractivity contribution is -0.114. The van der Waals surface area contributed by atoms with Crippen molar-refractivity contribution in [3.8, 4) is 5.69 Å². The van der Waals surface area contributed by atoms with Gasteiger partial charge >= 0.3 is 0 Å². The van der Waals surface area contributed by atoms with Gasteiger partial charge in [-0.1, -0.05) is 30.3 Å². The molecule has 0 fully saturated rings. The molecule has 1 atom stereocenters. The fourth-order valence-electron chi connectivity index (χ4n) is 5.95. The highest BCUT2D eigenvalue weighted by molar-refractivity contribution is 6.36. The van der Waals surface area contributed by atoms with Crippen molar-refractivity contribution in [2.45, 2.75) is 38.0 Å². The lowest BCUT2D eigenvalue weighted by Crippen LogP contribution is -2.26. The van der Waals surface area contributed by atoms with Crippen LogP contribution in [-0.4, -0.2) is 21.4 Å². The predicted molar refractivity (Wildman–Crippen MR) is 142 cm³/mol. The maximum absolute atomic E-state index is 15.3. The molecule has 0 saturated heterocycles. The van der Waals surface area contributed by atoms with E-state index in [0.717, 1.165) is 60.3 Å². The summed E-state index contributed by atoms with van der Waals surface area (Å²) in [6.07, 6.45) is 9.76. The van der Waals surface area contributed by atoms with Gasteiger partial charge in [0.15, 0.2) is 0 Å². The number of hydrazone groups is 1. The van der Waals surface area contributed by atoms with Crippen molar-refractivity contribution in [1.82, 2.24) is 9.78 Å². The van der Waals surface area contributed by atoms with Crippen molar-refractivity contribution in [2.24, 2.45) is 5.10 Å². The van der Waals surface area contributed by atoms with E-state index >= 15 is 8.78 Å². The molecule has 0 radical (unpaired) electrons. The Morgan fingerprint density at radius 3 is 2.55 bits per heavy atom. The number of carbonyl (C=O) groups is 1. The van der Waals surface area contributed by atoms with Crippen LogP contribution < -0.4 is 5.01 Å². The van der Waals surface area contributed by atoms with Gasteiger partial charge in [-0.25, -0.2) is 13.5 Å². The molecule has 188 valence electrons. The van der Waals surface area contributed by atoms with E-state index in [9.17, 15) is 4.79 Å². The zero-order valence-corrected chi connectivity index (χ0v) is 20.6. The van der Waals surface area contributed by atoms with Gasteiger partial charge in [0.05, 0.1) is 16.9 Å². The topological polar surface area (TPSA) is 50.5 Å². The van der Waals surface area contributed by atoms with E-state index in [4.69, 9.17) is 0 Å². The lowest BCUT2D eigenvalue weighted by Gasteiger charge is -2.24. The Kier molecular flexibility index (Phi) is 5.32. The van der Waals surface area contributed by atoms with Gasteiger partial charge in [0.2, 0.25) is 0 Å². The highest BCUT2D eigenvalue weighted by atomic mass is 19.1. The number of halogens is 2. The van der Waals surface area contributed by atoms with Crippen LogP contribution in [0.3, 0.4) is 0 Å². The summed E-state index contributed by atoms with van der Waals surface area (Å²) >= 11 is 0. The second kappa shape index (κ2) is 8.87. The molecule has 7 heteroatoms. The number of amides is 1. The fourth-order valence-corrected chi connectivity index (χ4v) is 5.95. The molecule has 3 aromatic carbocycles. The Labute approximate surface area is 218 Å². The van der Waals surface area contributed by atoms with Crippen LogP contribution in [0.25, 0.3) is 5.69 Å². The number of aromatic nitrogens is 2. The van der Waals surface area contributed by atoms with Gasteiger partial charge in [-0.05, 0) is 85.2 Å². The summed E-state index contributed by atoms with van der Waals surface area (Å²) in [4.78, 5) is 13.7. The van der Waals surface area contributed by atoms with Gasteiger partial charge < -0.3 is 0 Å². The van der Waals surface area contributed by atoms with Crippen molar-refractivity contribution >= 4 is 17.3 Å². The Morgan fingerprint density at radius 2 is 1.74 bits per heavy atom. The van der Waals surface area contributed by atoms with Crippen LogP contribution in [0.15, 0.2) is 89.8 Å². The number of rotatable bonds is 4. The van der Waals surface area contributed by atoms with E-state index in [1.165, 1.54) is 10.6 Å². The van der Waals surface area contributed by atoms with E-state index in [1.54, 1.807) is 17.0 Å². The Hall–Kier alpha value is -4.39. The van der Waals surface area contributed by atoms with Gasteiger partial charge in [0.1, 0.15) is 17.3 Å². The Morgan fingerprint density at radius 1 is 0.921 bits per heavy atom. The maximum atomic E-state index is 15.3. The summed E-state index contributed by atoms with van der Waals surface area (Å²) in [6.45, 7) is 0. The lowest BCUT2D eigenvalue weighted by atomic mass is 9.79. The predicted octanol–water partition coefficient (Wildman–Crippen LogP) is 6.05. The fraction of sp³-hybridized carbons (Fsp3) is 0.194. The maximum Gasteiger partial charge on any atom is 0.280 e. The molecule has 2 heterocycles. The zero-order valence-electron chi connectivity index (χ0n) is 20.6. The van der Waals surface area contributed by atoms with E-state index in [2.05, 4.69) is 16.3 Å².